The van der Waals surface area contributed by atoms with Crippen LogP contribution in [0.4, 0.5) is 14.5 Å². The molecule has 164 valence electrons. The highest BCUT2D eigenvalue weighted by Crippen LogP contribution is 2.26. The SMILES string of the molecule is CN1CCN(CCNc2cnc3[nH]cc(Cc4c(F)ccc(C(N)=O)c4F)c3c2)CC1. The normalized spacial score (nSPS) is 15.5. The number of amides is 1. The van der Waals surface area contributed by atoms with Gasteiger partial charge >= 0.3 is 0 Å². The molecule has 3 heterocycles. The second-order valence-corrected chi connectivity index (χ2v) is 7.93. The van der Waals surface area contributed by atoms with Crippen molar-refractivity contribution in [1.29, 1.82) is 0 Å². The number of aromatic nitrogens is 2. The van der Waals surface area contributed by atoms with Gasteiger partial charge in [-0.15, -0.1) is 0 Å². The number of benzene rings is 1. The number of pyridine rings is 1. The zero-order valence-electron chi connectivity index (χ0n) is 17.4. The van der Waals surface area contributed by atoms with Crippen LogP contribution in [0.2, 0.25) is 0 Å². The quantitative estimate of drug-likeness (QED) is 0.537. The molecule has 7 nitrogen and oxygen atoms in total. The van der Waals surface area contributed by atoms with Crippen LogP contribution in [0.3, 0.4) is 0 Å². The average molecular weight is 428 g/mol. The summed E-state index contributed by atoms with van der Waals surface area (Å²) in [5.74, 6) is -2.56. The third-order valence-corrected chi connectivity index (χ3v) is 5.79. The van der Waals surface area contributed by atoms with Crippen molar-refractivity contribution < 1.29 is 13.6 Å². The molecule has 0 unspecified atom stereocenters. The van der Waals surface area contributed by atoms with E-state index in [0.29, 0.717) is 11.2 Å². The summed E-state index contributed by atoms with van der Waals surface area (Å²) in [5.41, 5.74) is 6.84. The van der Waals surface area contributed by atoms with Crippen LogP contribution < -0.4 is 11.1 Å². The summed E-state index contributed by atoms with van der Waals surface area (Å²) >= 11 is 0. The molecule has 0 aliphatic carbocycles. The monoisotopic (exact) mass is 428 g/mol. The largest absolute Gasteiger partial charge is 0.382 e. The van der Waals surface area contributed by atoms with Gasteiger partial charge in [0, 0.05) is 62.8 Å². The molecule has 3 aromatic rings. The fourth-order valence-corrected chi connectivity index (χ4v) is 3.87. The molecule has 4 rings (SSSR count). The molecule has 1 saturated heterocycles. The van der Waals surface area contributed by atoms with E-state index in [9.17, 15) is 13.6 Å². The molecule has 9 heteroatoms. The molecule has 2 aromatic heterocycles. The number of halogens is 2. The number of carbonyl (C=O) groups excluding carboxylic acids is 1. The van der Waals surface area contributed by atoms with Crippen molar-refractivity contribution in [3.8, 4) is 0 Å². The van der Waals surface area contributed by atoms with Gasteiger partial charge in [0.1, 0.15) is 17.3 Å². The maximum Gasteiger partial charge on any atom is 0.251 e. The highest BCUT2D eigenvalue weighted by Gasteiger charge is 2.19. The minimum Gasteiger partial charge on any atom is -0.382 e. The molecular weight excluding hydrogens is 402 g/mol. The number of aromatic amines is 1. The van der Waals surface area contributed by atoms with E-state index in [1.54, 1.807) is 12.4 Å². The van der Waals surface area contributed by atoms with Gasteiger partial charge in [-0.05, 0) is 30.8 Å². The minimum absolute atomic E-state index is 0.0226. The second-order valence-electron chi connectivity index (χ2n) is 7.93. The van der Waals surface area contributed by atoms with E-state index >= 15 is 0 Å². The number of nitrogens with two attached hydrogens (primary N) is 1. The van der Waals surface area contributed by atoms with Gasteiger partial charge in [0.25, 0.3) is 5.91 Å². The Balaban J connectivity index is 1.49. The lowest BCUT2D eigenvalue weighted by molar-refractivity contribution is 0.0996. The molecule has 1 fully saturated rings. The van der Waals surface area contributed by atoms with Crippen LogP contribution in [0.15, 0.2) is 30.6 Å². The number of anilines is 1. The number of carbonyl (C=O) groups is 1. The van der Waals surface area contributed by atoms with Gasteiger partial charge in [-0.3, -0.25) is 9.69 Å². The van der Waals surface area contributed by atoms with Crippen LogP contribution >= 0.6 is 0 Å². The first-order valence-electron chi connectivity index (χ1n) is 10.3. The predicted molar refractivity (Wildman–Crippen MR) is 116 cm³/mol. The molecule has 0 radical (unpaired) electrons. The van der Waals surface area contributed by atoms with Gasteiger partial charge < -0.3 is 20.9 Å². The Morgan fingerprint density at radius 2 is 2.03 bits per heavy atom. The smallest absolute Gasteiger partial charge is 0.251 e. The zero-order chi connectivity index (χ0) is 22.0. The Hall–Kier alpha value is -3.04. The van der Waals surface area contributed by atoms with E-state index in [2.05, 4.69) is 32.1 Å². The van der Waals surface area contributed by atoms with Crippen molar-refractivity contribution in [2.24, 2.45) is 5.73 Å². The molecule has 4 N–H and O–H groups in total. The van der Waals surface area contributed by atoms with E-state index in [4.69, 9.17) is 5.73 Å². The number of primary amides is 1. The third-order valence-electron chi connectivity index (χ3n) is 5.79. The van der Waals surface area contributed by atoms with E-state index < -0.39 is 17.5 Å². The molecule has 0 saturated carbocycles. The van der Waals surface area contributed by atoms with Crippen molar-refractivity contribution in [2.45, 2.75) is 6.42 Å². The number of piperazine rings is 1. The molecule has 0 bridgehead atoms. The van der Waals surface area contributed by atoms with Gasteiger partial charge in [-0.1, -0.05) is 0 Å². The molecule has 1 aliphatic heterocycles. The fourth-order valence-electron chi connectivity index (χ4n) is 3.87. The minimum atomic E-state index is -0.925. The van der Waals surface area contributed by atoms with E-state index in [1.165, 1.54) is 0 Å². The number of hydrogen-bond donors (Lipinski definition) is 3. The molecular formula is C22H26F2N6O. The van der Waals surface area contributed by atoms with Crippen LogP contribution in [-0.2, 0) is 6.42 Å². The number of nitrogens with zero attached hydrogens (tertiary/aromatic N) is 3. The predicted octanol–water partition coefficient (Wildman–Crippen LogP) is 2.19. The van der Waals surface area contributed by atoms with Gasteiger partial charge in [-0.25, -0.2) is 13.8 Å². The molecule has 1 aliphatic rings. The number of hydrogen-bond acceptors (Lipinski definition) is 5. The molecule has 31 heavy (non-hydrogen) atoms. The Labute approximate surface area is 179 Å². The van der Waals surface area contributed by atoms with Gasteiger partial charge in [0.05, 0.1) is 17.4 Å². The van der Waals surface area contributed by atoms with Gasteiger partial charge in [-0.2, -0.15) is 0 Å². The van der Waals surface area contributed by atoms with Crippen molar-refractivity contribution in [2.75, 3.05) is 51.6 Å². The number of likely N-dealkylation sites (N-methyl/N-ethyl adjacent to an activating group) is 1. The Bertz CT molecular complexity index is 1090. The van der Waals surface area contributed by atoms with Crippen LogP contribution in [0.5, 0.6) is 0 Å². The standard InChI is InChI=1S/C22H26F2N6O/c1-29-6-8-30(9-7-29)5-4-26-15-11-17-14(12-27-22(17)28-13-15)10-18-19(23)3-2-16(20(18)24)21(25)31/h2-3,11-13,26H,4-10H2,1H3,(H2,25,31)(H,27,28). The zero-order valence-corrected chi connectivity index (χ0v) is 17.4. The maximum absolute atomic E-state index is 14.6. The summed E-state index contributed by atoms with van der Waals surface area (Å²) in [6.07, 6.45) is 3.40. The van der Waals surface area contributed by atoms with Crippen molar-refractivity contribution in [1.82, 2.24) is 19.8 Å². The van der Waals surface area contributed by atoms with Crippen molar-refractivity contribution >= 4 is 22.6 Å². The van der Waals surface area contributed by atoms with Crippen LogP contribution in [-0.4, -0.2) is 72.0 Å². The Morgan fingerprint density at radius 3 is 2.77 bits per heavy atom. The molecule has 0 spiro atoms. The van der Waals surface area contributed by atoms with Crippen molar-refractivity contribution in [3.05, 3.63) is 58.9 Å². The summed E-state index contributed by atoms with van der Waals surface area (Å²) in [4.78, 5) is 23.6. The second kappa shape index (κ2) is 8.99. The summed E-state index contributed by atoms with van der Waals surface area (Å²) in [5, 5.41) is 4.15. The summed E-state index contributed by atoms with van der Waals surface area (Å²) in [7, 11) is 2.13. The molecule has 0 atom stereocenters. The van der Waals surface area contributed by atoms with Gasteiger partial charge in [0.2, 0.25) is 0 Å². The van der Waals surface area contributed by atoms with Crippen LogP contribution in [0.25, 0.3) is 11.0 Å². The number of H-pyrrole nitrogens is 1. The lowest BCUT2D eigenvalue weighted by atomic mass is 10.0. The Kier molecular flexibility index (Phi) is 6.15. The average Bonchev–Trinajstić information content (AvgIpc) is 3.14. The summed E-state index contributed by atoms with van der Waals surface area (Å²) in [6, 6.07) is 4.05. The lowest BCUT2D eigenvalue weighted by Gasteiger charge is -2.32. The summed E-state index contributed by atoms with van der Waals surface area (Å²) in [6.45, 7) is 5.97. The highest BCUT2D eigenvalue weighted by atomic mass is 19.1. The summed E-state index contributed by atoms with van der Waals surface area (Å²) < 4.78 is 28.9. The Morgan fingerprint density at radius 1 is 1.26 bits per heavy atom. The maximum atomic E-state index is 14.6. The van der Waals surface area contributed by atoms with Crippen molar-refractivity contribution in [3.63, 3.8) is 0 Å². The van der Waals surface area contributed by atoms with E-state index in [0.717, 1.165) is 62.5 Å². The number of rotatable bonds is 7. The van der Waals surface area contributed by atoms with Gasteiger partial charge in [0.15, 0.2) is 0 Å². The fraction of sp³-hybridized carbons (Fsp3) is 0.364. The number of nitrogens with one attached hydrogen (secondary N) is 2. The number of fused-ring (bicyclic) bond motifs is 1. The van der Waals surface area contributed by atoms with Crippen LogP contribution in [0, 0.1) is 11.6 Å². The first-order chi connectivity index (χ1) is 14.9. The highest BCUT2D eigenvalue weighted by molar-refractivity contribution is 5.93. The first-order valence-corrected chi connectivity index (χ1v) is 10.3. The lowest BCUT2D eigenvalue weighted by Crippen LogP contribution is -2.45. The topological polar surface area (TPSA) is 90.3 Å². The first kappa shape index (κ1) is 21.2. The molecule has 1 aromatic carbocycles. The van der Waals surface area contributed by atoms with E-state index in [1.807, 2.05) is 6.07 Å². The van der Waals surface area contributed by atoms with Crippen LogP contribution in [0.1, 0.15) is 21.5 Å². The van der Waals surface area contributed by atoms with E-state index in [-0.39, 0.29) is 17.5 Å². The molecule has 1 amide bonds. The third kappa shape index (κ3) is 4.67.